The summed E-state index contributed by atoms with van der Waals surface area (Å²) in [5.41, 5.74) is 0.789. The second-order valence-electron chi connectivity index (χ2n) is 4.83. The molecule has 2 N–H and O–H groups in total. The van der Waals surface area contributed by atoms with Crippen molar-refractivity contribution in [3.63, 3.8) is 0 Å². The Bertz CT molecular complexity index is 368. The van der Waals surface area contributed by atoms with Crippen LogP contribution >= 0.6 is 0 Å². The van der Waals surface area contributed by atoms with Crippen molar-refractivity contribution in [2.24, 2.45) is 11.3 Å². The van der Waals surface area contributed by atoms with Crippen LogP contribution in [0.4, 0.5) is 5.69 Å². The second kappa shape index (κ2) is 4.47. The van der Waals surface area contributed by atoms with E-state index >= 15 is 0 Å². The summed E-state index contributed by atoms with van der Waals surface area (Å²) in [7, 11) is 0. The molecule has 84 valence electrons. The molecule has 0 fully saturated rings. The topological polar surface area (TPSA) is 57.8 Å². The third-order valence-electron chi connectivity index (χ3n) is 2.98. The van der Waals surface area contributed by atoms with E-state index in [-0.39, 0.29) is 11.0 Å². The largest absolute Gasteiger partial charge is 0.383 e. The van der Waals surface area contributed by atoms with E-state index in [0.717, 1.165) is 12.2 Å². The number of nitrogens with zero attached hydrogens (tertiary/aromatic N) is 1. The first-order valence-electron chi connectivity index (χ1n) is 5.20. The van der Waals surface area contributed by atoms with Crippen LogP contribution in [0.25, 0.3) is 0 Å². The highest BCUT2D eigenvalue weighted by Crippen LogP contribution is 2.25. The number of rotatable bonds is 4. The van der Waals surface area contributed by atoms with Gasteiger partial charge in [0.2, 0.25) is 0 Å². The molecule has 0 spiro atoms. The van der Waals surface area contributed by atoms with Crippen molar-refractivity contribution in [2.75, 3.05) is 11.9 Å². The first-order valence-corrected chi connectivity index (χ1v) is 5.20. The van der Waals surface area contributed by atoms with Gasteiger partial charge in [-0.3, -0.25) is 4.79 Å². The fourth-order valence-electron chi connectivity index (χ4n) is 1.01. The number of anilines is 1. The molecule has 4 heteroatoms. The molecule has 1 heterocycles. The summed E-state index contributed by atoms with van der Waals surface area (Å²) in [6.45, 7) is 9.61. The molecule has 0 aliphatic carbocycles. The number of H-pyrrole nitrogens is 1. The molecule has 0 unspecified atom stereocenters. The molecule has 0 radical (unpaired) electrons. The van der Waals surface area contributed by atoms with Gasteiger partial charge in [0.25, 0.3) is 5.56 Å². The number of hydrogen-bond acceptors (Lipinski definition) is 3. The molecule has 0 aromatic carbocycles. The summed E-state index contributed by atoms with van der Waals surface area (Å²) < 4.78 is 0. The third kappa shape index (κ3) is 3.38. The van der Waals surface area contributed by atoms with Crippen LogP contribution in [-0.2, 0) is 0 Å². The van der Waals surface area contributed by atoms with Crippen LogP contribution in [0.5, 0.6) is 0 Å². The number of aromatic amines is 1. The molecule has 0 aliphatic rings. The zero-order valence-electron chi connectivity index (χ0n) is 9.79. The molecule has 0 saturated heterocycles. The zero-order valence-corrected chi connectivity index (χ0v) is 9.79. The highest BCUT2D eigenvalue weighted by Gasteiger charge is 2.21. The van der Waals surface area contributed by atoms with Crippen molar-refractivity contribution in [1.82, 2.24) is 10.2 Å². The molecular weight excluding hydrogens is 190 g/mol. The quantitative estimate of drug-likeness (QED) is 0.795. The number of aromatic nitrogens is 2. The van der Waals surface area contributed by atoms with Crippen molar-refractivity contribution in [2.45, 2.75) is 27.7 Å². The minimum Gasteiger partial charge on any atom is -0.383 e. The zero-order chi connectivity index (χ0) is 11.5. The fraction of sp³-hybridized carbons (Fsp3) is 0.636. The highest BCUT2D eigenvalue weighted by atomic mass is 16.1. The monoisotopic (exact) mass is 209 g/mol. The van der Waals surface area contributed by atoms with Crippen molar-refractivity contribution in [3.05, 3.63) is 22.6 Å². The molecule has 0 saturated carbocycles. The van der Waals surface area contributed by atoms with E-state index < -0.39 is 0 Å². The lowest BCUT2D eigenvalue weighted by Crippen LogP contribution is -2.28. The molecule has 1 rings (SSSR count). The van der Waals surface area contributed by atoms with Gasteiger partial charge in [-0.15, -0.1) is 0 Å². The van der Waals surface area contributed by atoms with Crippen LogP contribution < -0.4 is 10.9 Å². The van der Waals surface area contributed by atoms with Gasteiger partial charge in [0.05, 0.1) is 11.9 Å². The van der Waals surface area contributed by atoms with Gasteiger partial charge in [-0.2, -0.15) is 5.10 Å². The van der Waals surface area contributed by atoms with Crippen molar-refractivity contribution in [3.8, 4) is 0 Å². The summed E-state index contributed by atoms with van der Waals surface area (Å²) in [5.74, 6) is 0.583. The Morgan fingerprint density at radius 2 is 2.20 bits per heavy atom. The molecule has 1 aromatic heterocycles. The van der Waals surface area contributed by atoms with Gasteiger partial charge in [0, 0.05) is 12.6 Å². The Hall–Kier alpha value is -1.32. The van der Waals surface area contributed by atoms with Crippen molar-refractivity contribution < 1.29 is 0 Å². The van der Waals surface area contributed by atoms with E-state index in [1.165, 1.54) is 6.07 Å². The van der Waals surface area contributed by atoms with Crippen LogP contribution in [0.1, 0.15) is 27.7 Å². The summed E-state index contributed by atoms with van der Waals surface area (Å²) >= 11 is 0. The molecule has 15 heavy (non-hydrogen) atoms. The van der Waals surface area contributed by atoms with E-state index in [4.69, 9.17) is 0 Å². The van der Waals surface area contributed by atoms with E-state index in [9.17, 15) is 4.79 Å². The van der Waals surface area contributed by atoms with Crippen molar-refractivity contribution in [1.29, 1.82) is 0 Å². The maximum absolute atomic E-state index is 11.0. The first-order chi connectivity index (χ1) is 6.92. The van der Waals surface area contributed by atoms with Gasteiger partial charge in [-0.1, -0.05) is 27.7 Å². The SMILES string of the molecule is CC(C)C(C)(C)CNc1cn[nH]c(=O)c1. The highest BCUT2D eigenvalue weighted by molar-refractivity contribution is 5.38. The van der Waals surface area contributed by atoms with E-state index in [0.29, 0.717) is 5.92 Å². The fourth-order valence-corrected chi connectivity index (χ4v) is 1.01. The maximum atomic E-state index is 11.0. The van der Waals surface area contributed by atoms with Gasteiger partial charge in [0.1, 0.15) is 0 Å². The smallest absolute Gasteiger partial charge is 0.266 e. The summed E-state index contributed by atoms with van der Waals surface area (Å²) in [6, 6.07) is 1.52. The van der Waals surface area contributed by atoms with Crippen LogP contribution in [0.3, 0.4) is 0 Å². The van der Waals surface area contributed by atoms with E-state index in [2.05, 4.69) is 43.2 Å². The van der Waals surface area contributed by atoms with Gasteiger partial charge in [-0.05, 0) is 11.3 Å². The van der Waals surface area contributed by atoms with Gasteiger partial charge in [0.15, 0.2) is 0 Å². The average Bonchev–Trinajstić information content (AvgIpc) is 2.15. The van der Waals surface area contributed by atoms with Crippen molar-refractivity contribution >= 4 is 5.69 Å². The molecule has 0 amide bonds. The average molecular weight is 209 g/mol. The summed E-state index contributed by atoms with van der Waals surface area (Å²) in [4.78, 5) is 11.0. The van der Waals surface area contributed by atoms with Crippen LogP contribution in [-0.4, -0.2) is 16.7 Å². The molecular formula is C11H19N3O. The minimum atomic E-state index is -0.178. The van der Waals surface area contributed by atoms with Gasteiger partial charge in [-0.25, -0.2) is 5.10 Å². The van der Waals surface area contributed by atoms with Gasteiger partial charge >= 0.3 is 0 Å². The molecule has 0 bridgehead atoms. The Morgan fingerprint density at radius 3 is 2.73 bits per heavy atom. The van der Waals surface area contributed by atoms with E-state index in [1.54, 1.807) is 6.20 Å². The second-order valence-corrected chi connectivity index (χ2v) is 4.83. The van der Waals surface area contributed by atoms with Crippen LogP contribution in [0.2, 0.25) is 0 Å². The van der Waals surface area contributed by atoms with Crippen LogP contribution in [0, 0.1) is 11.3 Å². The Balaban J connectivity index is 2.61. The number of hydrogen-bond donors (Lipinski definition) is 2. The summed E-state index contributed by atoms with van der Waals surface area (Å²) in [5, 5.41) is 9.30. The lowest BCUT2D eigenvalue weighted by Gasteiger charge is -2.29. The molecule has 0 atom stereocenters. The maximum Gasteiger partial charge on any atom is 0.266 e. The Kier molecular flexibility index (Phi) is 3.50. The molecule has 4 nitrogen and oxygen atoms in total. The normalized spacial score (nSPS) is 11.8. The Labute approximate surface area is 90.1 Å². The standard InChI is InChI=1S/C11H19N3O/c1-8(2)11(3,4)7-12-9-5-10(15)14-13-6-9/h5-6,8H,7H2,1-4H3,(H2,12,14,15). The lowest BCUT2D eigenvalue weighted by molar-refractivity contribution is 0.269. The van der Waals surface area contributed by atoms with Gasteiger partial charge < -0.3 is 5.32 Å². The first kappa shape index (κ1) is 11.8. The number of nitrogens with one attached hydrogen (secondary N) is 2. The molecule has 1 aromatic rings. The Morgan fingerprint density at radius 1 is 1.53 bits per heavy atom. The predicted octanol–water partition coefficient (Wildman–Crippen LogP) is 1.86. The summed E-state index contributed by atoms with van der Waals surface area (Å²) in [6.07, 6.45) is 1.62. The molecule has 0 aliphatic heterocycles. The lowest BCUT2D eigenvalue weighted by atomic mass is 9.81. The third-order valence-corrected chi connectivity index (χ3v) is 2.98. The predicted molar refractivity (Wildman–Crippen MR) is 62.0 cm³/mol. The van der Waals surface area contributed by atoms with E-state index in [1.807, 2.05) is 0 Å². The van der Waals surface area contributed by atoms with Crippen LogP contribution in [0.15, 0.2) is 17.1 Å². The minimum absolute atomic E-state index is 0.178.